The van der Waals surface area contributed by atoms with Gasteiger partial charge in [-0.15, -0.1) is 0 Å². The molecule has 22 heteroatoms. The van der Waals surface area contributed by atoms with E-state index in [0.717, 1.165) is 76.4 Å². The Morgan fingerprint density at radius 3 is 1.97 bits per heavy atom. The number of hydrogen-bond acceptors (Lipinski definition) is 17. The standard InChI is InChI=1S/C49H88O20P2/c1-3-5-7-8-9-10-11-12-13-14-15-16-17-18-19-20-22-27-42(54)65-33-37-34-66-71(63,64)69-49-47(59)46(58)44(56)39(31-36(51)26-23-24-28-43(55)67-37)41(53)32-40(52)38(30-29-35(50)25-21-6-4-2)45(57)48(49)68-70(60,61)62/h12-13,29-30,35,37-41,44-50,52-53,56-59H,3-11,14-28,31-34H2,1-2H3,(H,63,64)(H2,60,61,62)/b13-12-,30-29+/t35-,37+,38-,39-,40+,41-,44+,45+,46-,47+,48+,49-/m0/s1. The van der Waals surface area contributed by atoms with Crippen LogP contribution in [0.3, 0.4) is 0 Å². The van der Waals surface area contributed by atoms with E-state index in [2.05, 4.69) is 19.1 Å². The van der Waals surface area contributed by atoms with E-state index in [0.29, 0.717) is 12.8 Å². The highest BCUT2D eigenvalue weighted by molar-refractivity contribution is 7.47. The van der Waals surface area contributed by atoms with Crippen LogP contribution in [0.2, 0.25) is 0 Å². The number of carbonyl (C=O) groups is 3. The van der Waals surface area contributed by atoms with Gasteiger partial charge in [-0.2, -0.15) is 0 Å². The van der Waals surface area contributed by atoms with Crippen LogP contribution in [0.25, 0.3) is 0 Å². The van der Waals surface area contributed by atoms with Gasteiger partial charge >= 0.3 is 27.6 Å². The molecule has 1 heterocycles. The van der Waals surface area contributed by atoms with Gasteiger partial charge in [-0.05, 0) is 51.4 Å². The highest BCUT2D eigenvalue weighted by Gasteiger charge is 2.52. The number of aliphatic hydroxyl groups excluding tert-OH is 7. The fourth-order valence-electron chi connectivity index (χ4n) is 8.78. The minimum atomic E-state index is -5.81. The number of hydrogen-bond donors (Lipinski definition) is 10. The van der Waals surface area contributed by atoms with Crippen LogP contribution in [0.4, 0.5) is 0 Å². The van der Waals surface area contributed by atoms with E-state index >= 15 is 0 Å². The van der Waals surface area contributed by atoms with Crippen LogP contribution in [0.1, 0.15) is 181 Å². The molecule has 1 aliphatic carbocycles. The zero-order valence-corrected chi connectivity index (χ0v) is 43.8. The number of rotatable bonds is 27. The van der Waals surface area contributed by atoms with E-state index in [9.17, 15) is 73.9 Å². The smallest absolute Gasteiger partial charge is 0.462 e. The van der Waals surface area contributed by atoms with Crippen molar-refractivity contribution in [3.8, 4) is 0 Å². The van der Waals surface area contributed by atoms with Crippen molar-refractivity contribution in [2.45, 2.75) is 242 Å². The van der Waals surface area contributed by atoms with Crippen LogP contribution in [-0.2, 0) is 46.6 Å². The van der Waals surface area contributed by atoms with Crippen molar-refractivity contribution in [2.75, 3.05) is 13.2 Å². The minimum absolute atomic E-state index is 0.0260. The zero-order valence-electron chi connectivity index (χ0n) is 42.0. The molecule has 1 unspecified atom stereocenters. The Morgan fingerprint density at radius 1 is 0.775 bits per heavy atom. The molecule has 0 radical (unpaired) electrons. The number of cyclic esters (lactones) is 1. The van der Waals surface area contributed by atoms with Gasteiger partial charge in [0.15, 0.2) is 6.10 Å². The number of unbranched alkanes of at least 4 members (excludes halogenated alkanes) is 15. The van der Waals surface area contributed by atoms with E-state index in [1.807, 2.05) is 6.92 Å². The number of fused-ring (bicyclic) bond motifs is 4. The van der Waals surface area contributed by atoms with Crippen molar-refractivity contribution in [1.29, 1.82) is 0 Å². The number of phosphoric acid groups is 2. The lowest BCUT2D eigenvalue weighted by atomic mass is 9.82. The molecule has 0 amide bonds. The van der Waals surface area contributed by atoms with Crippen molar-refractivity contribution in [1.82, 2.24) is 0 Å². The Morgan fingerprint density at radius 2 is 1.35 bits per heavy atom. The summed E-state index contributed by atoms with van der Waals surface area (Å²) in [5.41, 5.74) is 0. The maximum atomic E-state index is 13.7. The molecule has 2 aliphatic rings. The predicted octanol–water partition coefficient (Wildman–Crippen LogP) is 6.07. The molecule has 71 heavy (non-hydrogen) atoms. The molecule has 13 atom stereocenters. The fourth-order valence-corrected chi connectivity index (χ4v) is 10.3. The molecule has 1 saturated carbocycles. The normalized spacial score (nSPS) is 30.8. The summed E-state index contributed by atoms with van der Waals surface area (Å²) in [5.74, 6) is -5.56. The van der Waals surface area contributed by atoms with Crippen molar-refractivity contribution in [2.24, 2.45) is 11.8 Å². The molecule has 0 spiro atoms. The number of ether oxygens (including phenoxy) is 2. The predicted molar refractivity (Wildman–Crippen MR) is 262 cm³/mol. The molecule has 414 valence electrons. The van der Waals surface area contributed by atoms with Gasteiger partial charge in [-0.3, -0.25) is 28.0 Å². The first-order chi connectivity index (χ1) is 33.7. The Bertz CT molecular complexity index is 1640. The topological polar surface area (TPSA) is 334 Å². The first-order valence-corrected chi connectivity index (χ1v) is 29.1. The summed E-state index contributed by atoms with van der Waals surface area (Å²) >= 11 is 0. The van der Waals surface area contributed by atoms with Gasteiger partial charge in [0.25, 0.3) is 0 Å². The summed E-state index contributed by atoms with van der Waals surface area (Å²) in [5, 5.41) is 79.7. The van der Waals surface area contributed by atoms with Gasteiger partial charge in [-0.25, -0.2) is 9.13 Å². The highest BCUT2D eigenvalue weighted by Crippen LogP contribution is 2.50. The molecule has 0 aromatic rings. The molecule has 2 rings (SSSR count). The van der Waals surface area contributed by atoms with E-state index < -0.39 is 132 Å². The summed E-state index contributed by atoms with van der Waals surface area (Å²) in [7, 11) is -11.5. The zero-order chi connectivity index (χ0) is 52.8. The molecular weight excluding hydrogens is 970 g/mol. The maximum Gasteiger partial charge on any atom is 0.472 e. The van der Waals surface area contributed by atoms with Gasteiger partial charge in [-0.1, -0.05) is 122 Å². The second-order valence-corrected chi connectivity index (χ2v) is 21.8. The largest absolute Gasteiger partial charge is 0.472 e. The molecule has 10 N–H and O–H groups in total. The summed E-state index contributed by atoms with van der Waals surface area (Å²) < 4.78 is 52.1. The molecule has 0 aromatic carbocycles. The van der Waals surface area contributed by atoms with Crippen LogP contribution in [-0.4, -0.2) is 142 Å². The Balaban J connectivity index is 2.25. The molecule has 0 aromatic heterocycles. The lowest BCUT2D eigenvalue weighted by Gasteiger charge is -2.38. The monoisotopic (exact) mass is 1060 g/mol. The fraction of sp³-hybridized carbons (Fsp3) is 0.857. The van der Waals surface area contributed by atoms with Crippen LogP contribution < -0.4 is 0 Å². The third-order valence-electron chi connectivity index (χ3n) is 13.0. The number of Topliss-reactive ketones (excluding diaryl/α,β-unsaturated/α-hetero) is 1. The number of phosphoric ester groups is 2. The summed E-state index contributed by atoms with van der Waals surface area (Å²) in [4.78, 5) is 70.0. The first kappa shape index (κ1) is 65.1. The van der Waals surface area contributed by atoms with Crippen molar-refractivity contribution in [3.63, 3.8) is 0 Å². The van der Waals surface area contributed by atoms with E-state index in [1.165, 1.54) is 38.5 Å². The molecule has 2 bridgehead atoms. The number of aliphatic hydroxyl groups is 7. The second kappa shape index (κ2) is 36.1. The van der Waals surface area contributed by atoms with Crippen LogP contribution in [0.5, 0.6) is 0 Å². The summed E-state index contributed by atoms with van der Waals surface area (Å²) in [6.45, 7) is 2.48. The van der Waals surface area contributed by atoms with E-state index in [1.54, 1.807) is 0 Å². The first-order valence-electron chi connectivity index (χ1n) is 26.1. The second-order valence-electron chi connectivity index (χ2n) is 19.2. The number of carbonyl (C=O) groups excluding carboxylic acids is 3. The minimum Gasteiger partial charge on any atom is -0.462 e. The SMILES string of the molecule is CCCCCCCC/C=C\CCCCCCCCCC(=O)OC[C@@H]1COP(=O)(O)O[C@H]2[C@H](O)[C@@H](O)[C@H](O)[C@@H](CC(=O)CCCCC(=O)O1)[C@@H](O)C[C@@H](O)[C@H](/C=C/[C@@H](O)CCCCC)[C@@H](O)[C@H]2OP(=O)(O)O. The maximum absolute atomic E-state index is 13.7. The molecule has 1 saturated heterocycles. The lowest BCUT2D eigenvalue weighted by molar-refractivity contribution is -0.166. The van der Waals surface area contributed by atoms with E-state index in [-0.39, 0.29) is 38.5 Å². The number of allylic oxidation sites excluding steroid dienone is 2. The quantitative estimate of drug-likeness (QED) is 0.0193. The Kier molecular flexibility index (Phi) is 33.1. The van der Waals surface area contributed by atoms with Crippen molar-refractivity contribution < 1.29 is 97.0 Å². The van der Waals surface area contributed by atoms with Gasteiger partial charge in [0.05, 0.1) is 37.1 Å². The van der Waals surface area contributed by atoms with Gasteiger partial charge in [0, 0.05) is 43.9 Å². The average Bonchev–Trinajstić information content (AvgIpc) is 3.31. The van der Waals surface area contributed by atoms with Crippen LogP contribution >= 0.6 is 15.6 Å². The molecule has 20 nitrogen and oxygen atoms in total. The molecule has 2 fully saturated rings. The van der Waals surface area contributed by atoms with Crippen LogP contribution in [0, 0.1) is 11.8 Å². The van der Waals surface area contributed by atoms with Gasteiger partial charge < -0.3 is 59.9 Å². The van der Waals surface area contributed by atoms with E-state index in [4.69, 9.17) is 23.0 Å². The molecule has 1 aliphatic heterocycles. The van der Waals surface area contributed by atoms with Gasteiger partial charge in [0.1, 0.15) is 36.8 Å². The Labute approximate surface area is 420 Å². The summed E-state index contributed by atoms with van der Waals surface area (Å²) in [6, 6.07) is 0. The lowest BCUT2D eigenvalue weighted by Crippen LogP contribution is -2.56. The number of esters is 2. The molecular formula is C49H88O20P2. The van der Waals surface area contributed by atoms with Crippen molar-refractivity contribution in [3.05, 3.63) is 24.3 Å². The average molecular weight is 1060 g/mol. The van der Waals surface area contributed by atoms with Gasteiger partial charge in [0.2, 0.25) is 0 Å². The third kappa shape index (κ3) is 27.9. The summed E-state index contributed by atoms with van der Waals surface area (Å²) in [6.07, 6.45) is 1.90. The van der Waals surface area contributed by atoms with Crippen molar-refractivity contribution >= 4 is 33.4 Å². The third-order valence-corrected chi connectivity index (χ3v) is 14.5. The van der Waals surface area contributed by atoms with Crippen LogP contribution in [0.15, 0.2) is 24.3 Å². The highest BCUT2D eigenvalue weighted by atomic mass is 31.2. The Hall–Kier alpha value is -1.97. The number of ketones is 1.